The lowest BCUT2D eigenvalue weighted by atomic mass is 9.89. The van der Waals surface area contributed by atoms with Gasteiger partial charge in [0.15, 0.2) is 0 Å². The second-order valence-electron chi connectivity index (χ2n) is 3.06. The fourth-order valence-electron chi connectivity index (χ4n) is 0.700. The third-order valence-electron chi connectivity index (χ3n) is 1.44. The van der Waals surface area contributed by atoms with Crippen LogP contribution in [0.2, 0.25) is 0 Å². The summed E-state index contributed by atoms with van der Waals surface area (Å²) in [5, 5.41) is 8.64. The first kappa shape index (κ1) is 9.44. The molecular weight excluding hydrogens is 124 g/mol. The lowest BCUT2D eigenvalue weighted by Gasteiger charge is -2.17. The number of aliphatic hydroxyl groups is 1. The summed E-state index contributed by atoms with van der Waals surface area (Å²) in [5.41, 5.74) is 0.100. The molecule has 1 N–H and O–H groups in total. The molecule has 0 aromatic rings. The minimum absolute atomic E-state index is 0.100. The van der Waals surface area contributed by atoms with Gasteiger partial charge < -0.3 is 5.11 Å². The van der Waals surface area contributed by atoms with E-state index in [0.29, 0.717) is 0 Å². The van der Waals surface area contributed by atoms with Gasteiger partial charge in [0, 0.05) is 6.61 Å². The highest BCUT2D eigenvalue weighted by molar-refractivity contribution is 5.03. The average molecular weight is 140 g/mol. The van der Waals surface area contributed by atoms with E-state index in [0.717, 1.165) is 6.42 Å². The molecule has 0 saturated heterocycles. The Morgan fingerprint density at radius 3 is 2.50 bits per heavy atom. The molecule has 0 aliphatic heterocycles. The summed E-state index contributed by atoms with van der Waals surface area (Å²) in [6.45, 7) is 7.99. The van der Waals surface area contributed by atoms with E-state index in [-0.39, 0.29) is 12.0 Å². The minimum Gasteiger partial charge on any atom is -0.396 e. The summed E-state index contributed by atoms with van der Waals surface area (Å²) in [4.78, 5) is 0. The molecule has 1 heteroatoms. The normalized spacial score (nSPS) is 12.3. The molecule has 0 aliphatic rings. The smallest absolute Gasteiger partial charge is 0.0439 e. The van der Waals surface area contributed by atoms with E-state index in [2.05, 4.69) is 26.5 Å². The summed E-state index contributed by atoms with van der Waals surface area (Å²) in [7, 11) is 0. The van der Waals surface area contributed by atoms with E-state index in [1.807, 2.05) is 6.08 Å². The molecule has 0 saturated carbocycles. The van der Waals surface area contributed by atoms with Crippen LogP contribution in [0, 0.1) is 5.41 Å². The highest BCUT2D eigenvalue weighted by atomic mass is 16.3. The van der Waals surface area contributed by atoms with Crippen molar-refractivity contribution in [1.82, 2.24) is 0 Å². The van der Waals surface area contributed by atoms with Gasteiger partial charge in [-0.1, -0.05) is 38.7 Å². The summed E-state index contributed by atoms with van der Waals surface area (Å²) >= 11 is 0. The Morgan fingerprint density at radius 1 is 1.50 bits per heavy atom. The van der Waals surface area contributed by atoms with Gasteiger partial charge in [-0.3, -0.25) is 0 Å². The molecule has 1 nitrogen and oxygen atoms in total. The molecule has 0 aromatic carbocycles. The van der Waals surface area contributed by atoms with E-state index in [4.69, 9.17) is 5.11 Å². The highest BCUT2D eigenvalue weighted by Crippen LogP contribution is 2.20. The van der Waals surface area contributed by atoms with Crippen molar-refractivity contribution in [3.63, 3.8) is 0 Å². The van der Waals surface area contributed by atoms with Gasteiger partial charge in [-0.2, -0.15) is 0 Å². The summed E-state index contributed by atoms with van der Waals surface area (Å²) in [6, 6.07) is 0. The van der Waals surface area contributed by atoms with Crippen LogP contribution >= 0.6 is 0 Å². The topological polar surface area (TPSA) is 20.2 Å². The van der Waals surface area contributed by atoms with Crippen LogP contribution in [0.3, 0.4) is 0 Å². The second-order valence-corrected chi connectivity index (χ2v) is 3.06. The van der Waals surface area contributed by atoms with Crippen molar-refractivity contribution in [2.45, 2.75) is 20.3 Å². The first-order valence-corrected chi connectivity index (χ1v) is 3.53. The molecule has 0 amide bonds. The zero-order chi connectivity index (χ0) is 8.04. The standard InChI is InChI=1S/C9H16O/c1-4-5-6-9(2,3)7-8-10/h4-6,10H,1,7-8H2,2-3H3/b6-5+. The first-order chi connectivity index (χ1) is 4.62. The van der Waals surface area contributed by atoms with E-state index >= 15 is 0 Å². The Bertz CT molecular complexity index is 123. The molecule has 0 rings (SSSR count). The maximum absolute atomic E-state index is 8.64. The van der Waals surface area contributed by atoms with Crippen LogP contribution in [-0.2, 0) is 0 Å². The Kier molecular flexibility index (Phi) is 4.05. The fraction of sp³-hybridized carbons (Fsp3) is 0.556. The van der Waals surface area contributed by atoms with Crippen LogP contribution in [0.5, 0.6) is 0 Å². The van der Waals surface area contributed by atoms with Gasteiger partial charge in [-0.05, 0) is 11.8 Å². The summed E-state index contributed by atoms with van der Waals surface area (Å²) in [6.07, 6.45) is 6.52. The van der Waals surface area contributed by atoms with Gasteiger partial charge >= 0.3 is 0 Å². The number of hydrogen-bond donors (Lipinski definition) is 1. The molecule has 0 aliphatic carbocycles. The van der Waals surface area contributed by atoms with E-state index in [9.17, 15) is 0 Å². The van der Waals surface area contributed by atoms with Crippen molar-refractivity contribution >= 4 is 0 Å². The van der Waals surface area contributed by atoms with E-state index in [1.54, 1.807) is 6.08 Å². The third-order valence-corrected chi connectivity index (χ3v) is 1.44. The Morgan fingerprint density at radius 2 is 2.10 bits per heavy atom. The molecule has 0 aromatic heterocycles. The number of rotatable bonds is 4. The van der Waals surface area contributed by atoms with Gasteiger partial charge in [0.25, 0.3) is 0 Å². The molecule has 0 bridgehead atoms. The maximum atomic E-state index is 8.64. The van der Waals surface area contributed by atoms with Crippen LogP contribution in [0.4, 0.5) is 0 Å². The predicted octanol–water partition coefficient (Wildman–Crippen LogP) is 2.14. The van der Waals surface area contributed by atoms with Crippen LogP contribution < -0.4 is 0 Å². The SMILES string of the molecule is C=C/C=C/C(C)(C)CCO. The molecule has 0 unspecified atom stereocenters. The monoisotopic (exact) mass is 140 g/mol. The van der Waals surface area contributed by atoms with Gasteiger partial charge in [-0.15, -0.1) is 0 Å². The van der Waals surface area contributed by atoms with Crippen molar-refractivity contribution in [2.24, 2.45) is 5.41 Å². The first-order valence-electron chi connectivity index (χ1n) is 3.53. The average Bonchev–Trinajstić information content (AvgIpc) is 1.84. The lowest BCUT2D eigenvalue weighted by Crippen LogP contribution is -2.08. The van der Waals surface area contributed by atoms with Gasteiger partial charge in [-0.25, -0.2) is 0 Å². The Hall–Kier alpha value is -0.560. The number of allylic oxidation sites excluding steroid dienone is 3. The van der Waals surface area contributed by atoms with Crippen molar-refractivity contribution in [1.29, 1.82) is 0 Å². The third kappa shape index (κ3) is 4.33. The molecular formula is C9H16O. The summed E-state index contributed by atoms with van der Waals surface area (Å²) in [5.74, 6) is 0. The Balaban J connectivity index is 3.84. The molecule has 0 radical (unpaired) electrons. The van der Waals surface area contributed by atoms with Gasteiger partial charge in [0.1, 0.15) is 0 Å². The van der Waals surface area contributed by atoms with Crippen molar-refractivity contribution in [3.8, 4) is 0 Å². The van der Waals surface area contributed by atoms with Crippen molar-refractivity contribution in [3.05, 3.63) is 24.8 Å². The van der Waals surface area contributed by atoms with Crippen molar-refractivity contribution in [2.75, 3.05) is 6.61 Å². The van der Waals surface area contributed by atoms with Crippen LogP contribution in [0.1, 0.15) is 20.3 Å². The predicted molar refractivity (Wildman–Crippen MR) is 44.8 cm³/mol. The second kappa shape index (κ2) is 4.29. The molecule has 58 valence electrons. The minimum atomic E-state index is 0.100. The van der Waals surface area contributed by atoms with Gasteiger partial charge in [0.05, 0.1) is 0 Å². The van der Waals surface area contributed by atoms with Crippen molar-refractivity contribution < 1.29 is 5.11 Å². The van der Waals surface area contributed by atoms with E-state index in [1.165, 1.54) is 0 Å². The Labute approximate surface area is 63.1 Å². The highest BCUT2D eigenvalue weighted by Gasteiger charge is 2.11. The molecule has 0 spiro atoms. The van der Waals surface area contributed by atoms with Crippen LogP contribution in [0.15, 0.2) is 24.8 Å². The summed E-state index contributed by atoms with van der Waals surface area (Å²) < 4.78 is 0. The molecule has 10 heavy (non-hydrogen) atoms. The lowest BCUT2D eigenvalue weighted by molar-refractivity contribution is 0.241. The maximum Gasteiger partial charge on any atom is 0.0439 e. The van der Waals surface area contributed by atoms with Crippen LogP contribution in [-0.4, -0.2) is 11.7 Å². The quantitative estimate of drug-likeness (QED) is 0.593. The zero-order valence-electron chi connectivity index (χ0n) is 6.80. The molecule has 0 fully saturated rings. The largest absolute Gasteiger partial charge is 0.396 e. The number of aliphatic hydroxyl groups excluding tert-OH is 1. The number of hydrogen-bond acceptors (Lipinski definition) is 1. The zero-order valence-corrected chi connectivity index (χ0v) is 6.80. The molecule has 0 heterocycles. The van der Waals surface area contributed by atoms with Gasteiger partial charge in [0.2, 0.25) is 0 Å². The van der Waals surface area contributed by atoms with Crippen LogP contribution in [0.25, 0.3) is 0 Å². The fourth-order valence-corrected chi connectivity index (χ4v) is 0.700. The molecule has 0 atom stereocenters. The van der Waals surface area contributed by atoms with E-state index < -0.39 is 0 Å².